The minimum atomic E-state index is 0.175. The van der Waals surface area contributed by atoms with Crippen LogP contribution in [0, 0.1) is 11.3 Å². The predicted octanol–water partition coefficient (Wildman–Crippen LogP) is 4.73. The summed E-state index contributed by atoms with van der Waals surface area (Å²) in [6.07, 6.45) is 2.77. The summed E-state index contributed by atoms with van der Waals surface area (Å²) >= 11 is 5.94. The summed E-state index contributed by atoms with van der Waals surface area (Å²) in [5.74, 6) is 0.609. The van der Waals surface area contributed by atoms with E-state index in [0.29, 0.717) is 17.2 Å². The van der Waals surface area contributed by atoms with E-state index in [9.17, 15) is 4.79 Å². The Balaban J connectivity index is 2.01. The smallest absolute Gasteiger partial charge is 0.137 e. The lowest BCUT2D eigenvalue weighted by Crippen LogP contribution is -2.38. The van der Waals surface area contributed by atoms with Crippen LogP contribution >= 0.6 is 11.6 Å². The highest BCUT2D eigenvalue weighted by molar-refractivity contribution is 6.30. The van der Waals surface area contributed by atoms with E-state index >= 15 is 0 Å². The number of benzene rings is 1. The van der Waals surface area contributed by atoms with Crippen molar-refractivity contribution >= 4 is 17.4 Å². The maximum atomic E-state index is 12.2. The lowest BCUT2D eigenvalue weighted by Gasteiger charge is -2.37. The molecular formula is C18H26ClNO. The van der Waals surface area contributed by atoms with Crippen molar-refractivity contribution in [1.82, 2.24) is 4.90 Å². The van der Waals surface area contributed by atoms with Crippen LogP contribution in [0.25, 0.3) is 0 Å². The van der Waals surface area contributed by atoms with Gasteiger partial charge in [-0.1, -0.05) is 37.6 Å². The SMILES string of the molecule is CC(c1ccc(Cl)cc1)N(C)CC1CC(C)(C)CCC1=O. The van der Waals surface area contributed by atoms with Crippen molar-refractivity contribution in [2.24, 2.45) is 11.3 Å². The Labute approximate surface area is 133 Å². The van der Waals surface area contributed by atoms with Crippen LogP contribution in [0.2, 0.25) is 5.02 Å². The number of hydrogen-bond donors (Lipinski definition) is 0. The molecule has 1 fully saturated rings. The molecule has 21 heavy (non-hydrogen) atoms. The standard InChI is InChI=1S/C18H26ClNO/c1-13(14-5-7-16(19)8-6-14)20(4)12-15-11-18(2,3)10-9-17(15)21/h5-8,13,15H,9-12H2,1-4H3. The second-order valence-corrected chi connectivity index (χ2v) is 7.64. The molecule has 0 heterocycles. The van der Waals surface area contributed by atoms with Gasteiger partial charge in [-0.25, -0.2) is 0 Å². The summed E-state index contributed by atoms with van der Waals surface area (Å²) in [6.45, 7) is 7.57. The summed E-state index contributed by atoms with van der Waals surface area (Å²) in [5, 5.41) is 0.762. The second kappa shape index (κ2) is 6.50. The first-order valence-electron chi connectivity index (χ1n) is 7.77. The van der Waals surface area contributed by atoms with Crippen molar-refractivity contribution in [3.8, 4) is 0 Å². The third kappa shape index (κ3) is 4.31. The second-order valence-electron chi connectivity index (χ2n) is 7.20. The Kier molecular flexibility index (Phi) is 5.11. The Morgan fingerprint density at radius 3 is 2.57 bits per heavy atom. The van der Waals surface area contributed by atoms with Gasteiger partial charge in [0.1, 0.15) is 5.78 Å². The number of hydrogen-bond acceptors (Lipinski definition) is 2. The zero-order valence-electron chi connectivity index (χ0n) is 13.5. The van der Waals surface area contributed by atoms with Crippen LogP contribution in [0.15, 0.2) is 24.3 Å². The van der Waals surface area contributed by atoms with Crippen LogP contribution in [0.5, 0.6) is 0 Å². The van der Waals surface area contributed by atoms with Gasteiger partial charge in [0.05, 0.1) is 0 Å². The molecule has 0 radical (unpaired) electrons. The van der Waals surface area contributed by atoms with Crippen molar-refractivity contribution < 1.29 is 4.79 Å². The van der Waals surface area contributed by atoms with E-state index in [1.54, 1.807) is 0 Å². The summed E-state index contributed by atoms with van der Waals surface area (Å²) in [7, 11) is 2.11. The molecule has 0 amide bonds. The van der Waals surface area contributed by atoms with Gasteiger partial charge in [-0.05, 0) is 49.9 Å². The molecule has 1 aromatic rings. The first-order valence-corrected chi connectivity index (χ1v) is 8.15. The Hall–Kier alpha value is -0.860. The van der Waals surface area contributed by atoms with Gasteiger partial charge in [-0.2, -0.15) is 0 Å². The molecule has 1 saturated carbocycles. The van der Waals surface area contributed by atoms with Crippen molar-refractivity contribution in [2.45, 2.75) is 46.1 Å². The highest BCUT2D eigenvalue weighted by atomic mass is 35.5. The van der Waals surface area contributed by atoms with Gasteiger partial charge in [0.25, 0.3) is 0 Å². The summed E-state index contributed by atoms with van der Waals surface area (Å²) in [4.78, 5) is 14.5. The molecule has 0 aromatic heterocycles. The predicted molar refractivity (Wildman–Crippen MR) is 88.6 cm³/mol. The monoisotopic (exact) mass is 307 g/mol. The fraction of sp³-hybridized carbons (Fsp3) is 0.611. The summed E-state index contributed by atoms with van der Waals surface area (Å²) in [6, 6.07) is 8.28. The van der Waals surface area contributed by atoms with Gasteiger partial charge in [0.2, 0.25) is 0 Å². The molecule has 1 aromatic carbocycles. The van der Waals surface area contributed by atoms with Gasteiger partial charge in [0, 0.05) is 29.9 Å². The summed E-state index contributed by atoms with van der Waals surface area (Å²) in [5.41, 5.74) is 1.53. The molecule has 0 N–H and O–H groups in total. The third-order valence-electron chi connectivity index (χ3n) is 4.82. The minimum absolute atomic E-state index is 0.175. The zero-order chi connectivity index (χ0) is 15.6. The van der Waals surface area contributed by atoms with Crippen LogP contribution in [0.3, 0.4) is 0 Å². The fourth-order valence-corrected chi connectivity index (χ4v) is 3.34. The van der Waals surface area contributed by atoms with Gasteiger partial charge in [-0.3, -0.25) is 9.69 Å². The lowest BCUT2D eigenvalue weighted by molar-refractivity contribution is -0.127. The van der Waals surface area contributed by atoms with E-state index < -0.39 is 0 Å². The Morgan fingerprint density at radius 2 is 1.95 bits per heavy atom. The minimum Gasteiger partial charge on any atom is -0.299 e. The molecule has 2 nitrogen and oxygen atoms in total. The summed E-state index contributed by atoms with van der Waals surface area (Å²) < 4.78 is 0. The number of Topliss-reactive ketones (excluding diaryl/α,β-unsaturated/α-hetero) is 1. The number of rotatable bonds is 4. The molecule has 3 heteroatoms. The van der Waals surface area contributed by atoms with Gasteiger partial charge >= 0.3 is 0 Å². The third-order valence-corrected chi connectivity index (χ3v) is 5.08. The van der Waals surface area contributed by atoms with E-state index in [1.165, 1.54) is 5.56 Å². The van der Waals surface area contributed by atoms with E-state index in [-0.39, 0.29) is 5.92 Å². The van der Waals surface area contributed by atoms with Crippen LogP contribution in [0.4, 0.5) is 0 Å². The Morgan fingerprint density at radius 1 is 1.33 bits per heavy atom. The van der Waals surface area contributed by atoms with Gasteiger partial charge < -0.3 is 0 Å². The number of carbonyl (C=O) groups is 1. The molecule has 1 aliphatic carbocycles. The number of carbonyl (C=O) groups excluding carboxylic acids is 1. The van der Waals surface area contributed by atoms with Crippen LogP contribution in [0.1, 0.15) is 51.6 Å². The lowest BCUT2D eigenvalue weighted by atomic mass is 9.71. The van der Waals surface area contributed by atoms with Crippen molar-refractivity contribution in [2.75, 3.05) is 13.6 Å². The van der Waals surface area contributed by atoms with E-state index in [1.807, 2.05) is 12.1 Å². The molecule has 2 atom stereocenters. The number of nitrogens with zero attached hydrogens (tertiary/aromatic N) is 1. The topological polar surface area (TPSA) is 20.3 Å². The quantitative estimate of drug-likeness (QED) is 0.801. The fourth-order valence-electron chi connectivity index (χ4n) is 3.22. The highest BCUT2D eigenvalue weighted by Crippen LogP contribution is 2.37. The molecule has 0 saturated heterocycles. The highest BCUT2D eigenvalue weighted by Gasteiger charge is 2.34. The zero-order valence-corrected chi connectivity index (χ0v) is 14.3. The van der Waals surface area contributed by atoms with Crippen molar-refractivity contribution in [3.05, 3.63) is 34.9 Å². The van der Waals surface area contributed by atoms with Crippen LogP contribution in [-0.2, 0) is 4.79 Å². The molecule has 0 aliphatic heterocycles. The molecule has 116 valence electrons. The maximum Gasteiger partial charge on any atom is 0.137 e. The van der Waals surface area contributed by atoms with Gasteiger partial charge in [-0.15, -0.1) is 0 Å². The van der Waals surface area contributed by atoms with Crippen LogP contribution < -0.4 is 0 Å². The maximum absolute atomic E-state index is 12.2. The molecule has 2 rings (SSSR count). The van der Waals surface area contributed by atoms with E-state index in [0.717, 1.165) is 30.8 Å². The first kappa shape index (κ1) is 16.5. The molecule has 1 aliphatic rings. The Bertz CT molecular complexity index is 494. The number of halogens is 1. The van der Waals surface area contributed by atoms with Gasteiger partial charge in [0.15, 0.2) is 0 Å². The van der Waals surface area contributed by atoms with Crippen LogP contribution in [-0.4, -0.2) is 24.3 Å². The average Bonchev–Trinajstić information content (AvgIpc) is 2.42. The average molecular weight is 308 g/mol. The molecule has 2 unspecified atom stereocenters. The van der Waals surface area contributed by atoms with Crippen molar-refractivity contribution in [3.63, 3.8) is 0 Å². The molecule has 0 bridgehead atoms. The first-order chi connectivity index (χ1) is 9.78. The normalized spacial score (nSPS) is 23.3. The number of ketones is 1. The molecular weight excluding hydrogens is 282 g/mol. The largest absolute Gasteiger partial charge is 0.299 e. The van der Waals surface area contributed by atoms with Crippen molar-refractivity contribution in [1.29, 1.82) is 0 Å². The van der Waals surface area contributed by atoms with E-state index in [2.05, 4.69) is 44.9 Å². The molecule has 0 spiro atoms. The van der Waals surface area contributed by atoms with E-state index in [4.69, 9.17) is 11.6 Å².